The normalized spacial score (nSPS) is 12.0. The zero-order valence-corrected chi connectivity index (χ0v) is 12.0. The number of nitrogens with zero attached hydrogens (tertiary/aromatic N) is 2. The molecule has 3 N–H and O–H groups in total. The molecule has 0 aliphatic heterocycles. The Morgan fingerprint density at radius 1 is 1.47 bits per heavy atom. The molecule has 106 valence electrons. The third-order valence-electron chi connectivity index (χ3n) is 3.25. The van der Waals surface area contributed by atoms with Gasteiger partial charge in [0.1, 0.15) is 11.5 Å². The summed E-state index contributed by atoms with van der Waals surface area (Å²) in [4.78, 5) is 18.6. The number of unbranched alkanes of at least 4 members (excludes halogenated alkanes) is 1. The fourth-order valence-corrected chi connectivity index (χ4v) is 1.85. The molecule has 0 aliphatic carbocycles. The van der Waals surface area contributed by atoms with Crippen molar-refractivity contribution in [2.75, 3.05) is 12.0 Å². The Bertz CT molecular complexity index is 408. The van der Waals surface area contributed by atoms with Gasteiger partial charge in [-0.3, -0.25) is 4.79 Å². The van der Waals surface area contributed by atoms with Gasteiger partial charge in [0.2, 0.25) is 0 Å². The Hall–Kier alpha value is -1.62. The van der Waals surface area contributed by atoms with Gasteiger partial charge in [-0.15, -0.1) is 0 Å². The predicted octanol–water partition coefficient (Wildman–Crippen LogP) is 2.41. The van der Waals surface area contributed by atoms with Crippen molar-refractivity contribution in [3.8, 4) is 0 Å². The van der Waals surface area contributed by atoms with Gasteiger partial charge in [0, 0.05) is 12.6 Å². The minimum atomic E-state index is -0.0279. The van der Waals surface area contributed by atoms with Gasteiger partial charge in [0.05, 0.1) is 0 Å². The van der Waals surface area contributed by atoms with Crippen molar-refractivity contribution in [2.24, 2.45) is 5.84 Å². The molecule has 0 saturated carbocycles. The molecule has 0 saturated heterocycles. The molecule has 1 rings (SSSR count). The Balaban J connectivity index is 2.90. The number of hydrogen-bond donors (Lipinski definition) is 2. The third kappa shape index (κ3) is 4.21. The van der Waals surface area contributed by atoms with E-state index in [1.807, 2.05) is 4.90 Å². The average molecular weight is 264 g/mol. The van der Waals surface area contributed by atoms with Crippen LogP contribution >= 0.6 is 0 Å². The SMILES string of the molecule is CCCCN(C(=O)c1cccc(NN)n1)C(C)CC. The first-order valence-corrected chi connectivity index (χ1v) is 6.88. The van der Waals surface area contributed by atoms with Crippen molar-refractivity contribution < 1.29 is 4.79 Å². The lowest BCUT2D eigenvalue weighted by Crippen LogP contribution is -2.39. The molecule has 0 aromatic carbocycles. The highest BCUT2D eigenvalue weighted by molar-refractivity contribution is 5.92. The van der Waals surface area contributed by atoms with Gasteiger partial charge in [-0.05, 0) is 31.9 Å². The topological polar surface area (TPSA) is 71.2 Å². The Kier molecular flexibility index (Phi) is 6.29. The number of amides is 1. The fraction of sp³-hybridized carbons (Fsp3) is 0.571. The van der Waals surface area contributed by atoms with E-state index in [1.54, 1.807) is 18.2 Å². The van der Waals surface area contributed by atoms with E-state index in [4.69, 9.17) is 5.84 Å². The van der Waals surface area contributed by atoms with Gasteiger partial charge in [0.25, 0.3) is 5.91 Å². The Labute approximate surface area is 115 Å². The molecular formula is C14H24N4O. The maximum Gasteiger partial charge on any atom is 0.272 e. The number of pyridine rings is 1. The highest BCUT2D eigenvalue weighted by Crippen LogP contribution is 2.12. The van der Waals surface area contributed by atoms with E-state index in [-0.39, 0.29) is 11.9 Å². The lowest BCUT2D eigenvalue weighted by atomic mass is 10.1. The summed E-state index contributed by atoms with van der Waals surface area (Å²) in [6.45, 7) is 7.05. The standard InChI is InChI=1S/C14H24N4O/c1-4-6-10-18(11(3)5-2)14(19)12-8-7-9-13(16-12)17-15/h7-9,11H,4-6,10,15H2,1-3H3,(H,16,17). The van der Waals surface area contributed by atoms with E-state index >= 15 is 0 Å². The zero-order chi connectivity index (χ0) is 14.3. The first kappa shape index (κ1) is 15.4. The summed E-state index contributed by atoms with van der Waals surface area (Å²) in [6.07, 6.45) is 3.01. The van der Waals surface area contributed by atoms with E-state index in [2.05, 4.69) is 31.2 Å². The quantitative estimate of drug-likeness (QED) is 0.586. The van der Waals surface area contributed by atoms with E-state index in [0.717, 1.165) is 25.8 Å². The van der Waals surface area contributed by atoms with Gasteiger partial charge in [-0.1, -0.05) is 26.3 Å². The van der Waals surface area contributed by atoms with Gasteiger partial charge in [-0.25, -0.2) is 10.8 Å². The van der Waals surface area contributed by atoms with Gasteiger partial charge in [0.15, 0.2) is 0 Å². The van der Waals surface area contributed by atoms with Crippen LogP contribution in [0.15, 0.2) is 18.2 Å². The highest BCUT2D eigenvalue weighted by Gasteiger charge is 2.21. The summed E-state index contributed by atoms with van der Waals surface area (Å²) in [5, 5.41) is 0. The molecule has 1 heterocycles. The van der Waals surface area contributed by atoms with Crippen LogP contribution in [0.1, 0.15) is 50.5 Å². The number of hydrogen-bond acceptors (Lipinski definition) is 4. The molecule has 5 heteroatoms. The largest absolute Gasteiger partial charge is 0.335 e. The van der Waals surface area contributed by atoms with Crippen LogP contribution in [0.4, 0.5) is 5.82 Å². The summed E-state index contributed by atoms with van der Waals surface area (Å²) < 4.78 is 0. The number of nitrogens with one attached hydrogen (secondary N) is 1. The van der Waals surface area contributed by atoms with Crippen LogP contribution in [0.2, 0.25) is 0 Å². The minimum absolute atomic E-state index is 0.0279. The summed E-state index contributed by atoms with van der Waals surface area (Å²) >= 11 is 0. The first-order chi connectivity index (χ1) is 9.13. The third-order valence-corrected chi connectivity index (χ3v) is 3.25. The van der Waals surface area contributed by atoms with Crippen LogP contribution in [-0.2, 0) is 0 Å². The number of carbonyl (C=O) groups is 1. The molecule has 0 bridgehead atoms. The first-order valence-electron chi connectivity index (χ1n) is 6.88. The number of aromatic nitrogens is 1. The molecule has 0 spiro atoms. The van der Waals surface area contributed by atoms with Gasteiger partial charge in [-0.2, -0.15) is 0 Å². The van der Waals surface area contributed by atoms with Gasteiger partial charge >= 0.3 is 0 Å². The number of nitrogen functional groups attached to an aromatic ring is 1. The zero-order valence-electron chi connectivity index (χ0n) is 12.0. The average Bonchev–Trinajstić information content (AvgIpc) is 2.47. The molecule has 1 aromatic heterocycles. The van der Waals surface area contributed by atoms with Crippen LogP contribution in [0.5, 0.6) is 0 Å². The second-order valence-corrected chi connectivity index (χ2v) is 4.66. The van der Waals surface area contributed by atoms with Crippen LogP contribution < -0.4 is 11.3 Å². The molecule has 0 aliphatic rings. The Morgan fingerprint density at radius 3 is 2.79 bits per heavy atom. The minimum Gasteiger partial charge on any atom is -0.335 e. The number of anilines is 1. The number of hydrazine groups is 1. The maximum atomic E-state index is 12.5. The molecule has 5 nitrogen and oxygen atoms in total. The van der Waals surface area contributed by atoms with Crippen LogP contribution in [-0.4, -0.2) is 28.4 Å². The Morgan fingerprint density at radius 2 is 2.21 bits per heavy atom. The van der Waals surface area contributed by atoms with E-state index in [9.17, 15) is 4.79 Å². The molecule has 1 unspecified atom stereocenters. The van der Waals surface area contributed by atoms with E-state index in [1.165, 1.54) is 0 Å². The number of carbonyl (C=O) groups excluding carboxylic acids is 1. The molecule has 0 fully saturated rings. The molecule has 1 aromatic rings. The highest BCUT2D eigenvalue weighted by atomic mass is 16.2. The summed E-state index contributed by atoms with van der Waals surface area (Å²) in [5.74, 6) is 5.80. The van der Waals surface area contributed by atoms with Crippen molar-refractivity contribution >= 4 is 11.7 Å². The predicted molar refractivity (Wildman–Crippen MR) is 77.7 cm³/mol. The van der Waals surface area contributed by atoms with Crippen molar-refractivity contribution in [3.05, 3.63) is 23.9 Å². The lowest BCUT2D eigenvalue weighted by molar-refractivity contribution is 0.0679. The van der Waals surface area contributed by atoms with Crippen LogP contribution in [0, 0.1) is 0 Å². The second kappa shape index (κ2) is 7.74. The molecule has 19 heavy (non-hydrogen) atoms. The molecule has 1 atom stereocenters. The van der Waals surface area contributed by atoms with Crippen molar-refractivity contribution in [2.45, 2.75) is 46.1 Å². The van der Waals surface area contributed by atoms with Crippen molar-refractivity contribution in [3.63, 3.8) is 0 Å². The van der Waals surface area contributed by atoms with Gasteiger partial charge < -0.3 is 10.3 Å². The van der Waals surface area contributed by atoms with Crippen molar-refractivity contribution in [1.29, 1.82) is 0 Å². The van der Waals surface area contributed by atoms with E-state index in [0.29, 0.717) is 11.5 Å². The van der Waals surface area contributed by atoms with Crippen LogP contribution in [0.3, 0.4) is 0 Å². The monoisotopic (exact) mass is 264 g/mol. The maximum absolute atomic E-state index is 12.5. The van der Waals surface area contributed by atoms with Crippen LogP contribution in [0.25, 0.3) is 0 Å². The van der Waals surface area contributed by atoms with E-state index < -0.39 is 0 Å². The number of nitrogens with two attached hydrogens (primary N) is 1. The number of rotatable bonds is 7. The lowest BCUT2D eigenvalue weighted by Gasteiger charge is -2.28. The van der Waals surface area contributed by atoms with Crippen molar-refractivity contribution in [1.82, 2.24) is 9.88 Å². The summed E-state index contributed by atoms with van der Waals surface area (Å²) in [7, 11) is 0. The molecule has 1 amide bonds. The second-order valence-electron chi connectivity index (χ2n) is 4.66. The summed E-state index contributed by atoms with van der Waals surface area (Å²) in [6, 6.07) is 5.46. The molecule has 0 radical (unpaired) electrons. The fourth-order valence-electron chi connectivity index (χ4n) is 1.85. The molecular weight excluding hydrogens is 240 g/mol. The smallest absolute Gasteiger partial charge is 0.272 e. The summed E-state index contributed by atoms with van der Waals surface area (Å²) in [5.41, 5.74) is 2.90.